The van der Waals surface area contributed by atoms with Crippen molar-refractivity contribution in [2.45, 2.75) is 38.8 Å². The molecule has 0 radical (unpaired) electrons. The standard InChI is InChI=1S/C11H16N4O5/c1-3-11(2,10(17)18)13-9(16)4-5-14-6-8(12-7-14)15(19)20/h6-7H,3-5H2,1-2H3,(H,13,16)(H,17,18). The average Bonchev–Trinajstić information content (AvgIpc) is 2.85. The smallest absolute Gasteiger partial charge is 0.381 e. The normalized spacial score (nSPS) is 13.5. The van der Waals surface area contributed by atoms with Gasteiger partial charge in [0.25, 0.3) is 0 Å². The number of imidazole rings is 1. The minimum atomic E-state index is -1.31. The van der Waals surface area contributed by atoms with Crippen molar-refractivity contribution in [1.29, 1.82) is 0 Å². The fraction of sp³-hybridized carbons (Fsp3) is 0.545. The van der Waals surface area contributed by atoms with E-state index in [9.17, 15) is 19.7 Å². The zero-order valence-electron chi connectivity index (χ0n) is 11.2. The third-order valence-electron chi connectivity index (χ3n) is 3.00. The van der Waals surface area contributed by atoms with Gasteiger partial charge in [-0.3, -0.25) is 4.79 Å². The second-order valence-corrected chi connectivity index (χ2v) is 4.52. The Bertz CT molecular complexity index is 527. The summed E-state index contributed by atoms with van der Waals surface area (Å²) in [5.41, 5.74) is -1.31. The van der Waals surface area contributed by atoms with Crippen molar-refractivity contribution in [3.63, 3.8) is 0 Å². The molecule has 0 saturated heterocycles. The van der Waals surface area contributed by atoms with Crippen LogP contribution in [0.3, 0.4) is 0 Å². The van der Waals surface area contributed by atoms with Crippen molar-refractivity contribution in [1.82, 2.24) is 14.9 Å². The summed E-state index contributed by atoms with van der Waals surface area (Å²) in [6, 6.07) is 0. The predicted molar refractivity (Wildman–Crippen MR) is 68.0 cm³/mol. The molecular weight excluding hydrogens is 268 g/mol. The summed E-state index contributed by atoms with van der Waals surface area (Å²) in [5, 5.41) is 21.9. The summed E-state index contributed by atoms with van der Waals surface area (Å²) < 4.78 is 1.40. The monoisotopic (exact) mass is 284 g/mol. The number of nitrogens with zero attached hydrogens (tertiary/aromatic N) is 3. The molecule has 20 heavy (non-hydrogen) atoms. The number of carboxylic acid groups (broad SMARTS) is 1. The van der Waals surface area contributed by atoms with Gasteiger partial charge in [0.05, 0.1) is 0 Å². The zero-order chi connectivity index (χ0) is 15.3. The number of amides is 1. The van der Waals surface area contributed by atoms with Gasteiger partial charge >= 0.3 is 11.8 Å². The first-order valence-electron chi connectivity index (χ1n) is 5.99. The van der Waals surface area contributed by atoms with Crippen LogP contribution in [0.5, 0.6) is 0 Å². The van der Waals surface area contributed by atoms with Crippen molar-refractivity contribution in [3.05, 3.63) is 22.6 Å². The second kappa shape index (κ2) is 6.13. The zero-order valence-corrected chi connectivity index (χ0v) is 11.2. The molecule has 0 aliphatic carbocycles. The van der Waals surface area contributed by atoms with Crippen LogP contribution >= 0.6 is 0 Å². The maximum Gasteiger partial charge on any atom is 0.381 e. The fourth-order valence-corrected chi connectivity index (χ4v) is 1.46. The Balaban J connectivity index is 2.54. The summed E-state index contributed by atoms with van der Waals surface area (Å²) in [6.07, 6.45) is 2.73. The van der Waals surface area contributed by atoms with Crippen LogP contribution in [0.4, 0.5) is 5.82 Å². The van der Waals surface area contributed by atoms with E-state index in [4.69, 9.17) is 5.11 Å². The number of rotatable bonds is 7. The number of aromatic nitrogens is 2. The van der Waals surface area contributed by atoms with Crippen molar-refractivity contribution in [3.8, 4) is 0 Å². The molecule has 1 atom stereocenters. The Kier molecular flexibility index (Phi) is 4.78. The highest BCUT2D eigenvalue weighted by molar-refractivity contribution is 5.86. The van der Waals surface area contributed by atoms with Gasteiger partial charge in [0.15, 0.2) is 0 Å². The number of carbonyl (C=O) groups excluding carboxylic acids is 1. The van der Waals surface area contributed by atoms with E-state index in [0.29, 0.717) is 0 Å². The number of carboxylic acids is 1. The second-order valence-electron chi connectivity index (χ2n) is 4.52. The maximum absolute atomic E-state index is 11.7. The van der Waals surface area contributed by atoms with Crippen LogP contribution in [0.15, 0.2) is 12.5 Å². The van der Waals surface area contributed by atoms with Crippen LogP contribution in [0.1, 0.15) is 26.7 Å². The van der Waals surface area contributed by atoms with Gasteiger partial charge in [-0.05, 0) is 23.3 Å². The van der Waals surface area contributed by atoms with Gasteiger partial charge in [0.2, 0.25) is 12.2 Å². The highest BCUT2D eigenvalue weighted by Crippen LogP contribution is 2.10. The molecule has 0 fully saturated rings. The molecule has 1 aromatic rings. The lowest BCUT2D eigenvalue weighted by Gasteiger charge is -2.24. The molecule has 0 aromatic carbocycles. The van der Waals surface area contributed by atoms with E-state index < -0.39 is 22.3 Å². The van der Waals surface area contributed by atoms with E-state index in [0.717, 1.165) is 0 Å². The van der Waals surface area contributed by atoms with Crippen molar-refractivity contribution < 1.29 is 19.6 Å². The third-order valence-corrected chi connectivity index (χ3v) is 3.00. The Morgan fingerprint density at radius 3 is 2.70 bits per heavy atom. The fourth-order valence-electron chi connectivity index (χ4n) is 1.46. The molecule has 1 aromatic heterocycles. The van der Waals surface area contributed by atoms with Gasteiger partial charge in [0, 0.05) is 13.0 Å². The molecule has 9 heteroatoms. The molecule has 1 unspecified atom stereocenters. The first-order valence-corrected chi connectivity index (χ1v) is 5.99. The molecular formula is C11H16N4O5. The SMILES string of the molecule is CCC(C)(NC(=O)CCn1cnc([N+](=O)[O-])c1)C(=O)O. The van der Waals surface area contributed by atoms with Crippen molar-refractivity contribution >= 4 is 17.7 Å². The quantitative estimate of drug-likeness (QED) is 0.556. The van der Waals surface area contributed by atoms with E-state index in [1.807, 2.05) is 0 Å². The number of hydrogen-bond acceptors (Lipinski definition) is 5. The largest absolute Gasteiger partial charge is 0.480 e. The average molecular weight is 284 g/mol. The van der Waals surface area contributed by atoms with Gasteiger partial charge in [0.1, 0.15) is 11.7 Å². The molecule has 1 rings (SSSR count). The van der Waals surface area contributed by atoms with Crippen LogP contribution in [-0.2, 0) is 16.1 Å². The van der Waals surface area contributed by atoms with E-state index >= 15 is 0 Å². The van der Waals surface area contributed by atoms with E-state index in [2.05, 4.69) is 10.3 Å². The molecule has 0 aliphatic rings. The molecule has 0 saturated carbocycles. The lowest BCUT2D eigenvalue weighted by molar-refractivity contribution is -0.389. The Labute approximate surface area is 114 Å². The minimum Gasteiger partial charge on any atom is -0.480 e. The highest BCUT2D eigenvalue weighted by Gasteiger charge is 2.32. The van der Waals surface area contributed by atoms with E-state index in [1.54, 1.807) is 6.92 Å². The molecule has 1 amide bonds. The third kappa shape index (κ3) is 3.77. The number of carbonyl (C=O) groups is 2. The molecule has 110 valence electrons. The van der Waals surface area contributed by atoms with Crippen LogP contribution in [-0.4, -0.2) is 37.0 Å². The lowest BCUT2D eigenvalue weighted by atomic mass is 9.99. The van der Waals surface area contributed by atoms with Gasteiger partial charge in [-0.15, -0.1) is 0 Å². The first kappa shape index (κ1) is 15.6. The Morgan fingerprint density at radius 1 is 1.60 bits per heavy atom. The van der Waals surface area contributed by atoms with Crippen molar-refractivity contribution in [2.75, 3.05) is 0 Å². The highest BCUT2D eigenvalue weighted by atomic mass is 16.6. The Hall–Kier alpha value is -2.45. The summed E-state index contributed by atoms with van der Waals surface area (Å²) in [5.74, 6) is -1.84. The number of hydrogen-bond donors (Lipinski definition) is 2. The van der Waals surface area contributed by atoms with E-state index in [-0.39, 0.29) is 25.2 Å². The number of aliphatic carboxylic acids is 1. The van der Waals surface area contributed by atoms with Crippen LogP contribution in [0.2, 0.25) is 0 Å². The first-order chi connectivity index (χ1) is 9.28. The molecule has 2 N–H and O–H groups in total. The molecule has 9 nitrogen and oxygen atoms in total. The summed E-state index contributed by atoms with van der Waals surface area (Å²) >= 11 is 0. The van der Waals surface area contributed by atoms with Gasteiger partial charge in [-0.25, -0.2) is 4.79 Å². The van der Waals surface area contributed by atoms with Crippen LogP contribution in [0.25, 0.3) is 0 Å². The number of aryl methyl sites for hydroxylation is 1. The molecule has 0 spiro atoms. The maximum atomic E-state index is 11.7. The predicted octanol–water partition coefficient (Wildman–Crippen LogP) is 0.551. The molecule has 0 bridgehead atoms. The van der Waals surface area contributed by atoms with Gasteiger partial charge in [-0.2, -0.15) is 0 Å². The summed E-state index contributed by atoms with van der Waals surface area (Å²) in [6.45, 7) is 3.27. The van der Waals surface area contributed by atoms with Crippen LogP contribution in [0, 0.1) is 10.1 Å². The molecule has 0 aliphatic heterocycles. The Morgan fingerprint density at radius 2 is 2.25 bits per heavy atom. The van der Waals surface area contributed by atoms with Crippen molar-refractivity contribution in [2.24, 2.45) is 0 Å². The summed E-state index contributed by atoms with van der Waals surface area (Å²) in [7, 11) is 0. The molecule has 1 heterocycles. The van der Waals surface area contributed by atoms with Gasteiger partial charge in [-0.1, -0.05) is 6.92 Å². The number of nitro groups is 1. The number of nitrogens with one attached hydrogen (secondary N) is 1. The minimum absolute atomic E-state index is 0.0103. The van der Waals surface area contributed by atoms with Gasteiger partial charge < -0.3 is 25.1 Å². The lowest BCUT2D eigenvalue weighted by Crippen LogP contribution is -2.51. The van der Waals surface area contributed by atoms with E-state index in [1.165, 1.54) is 24.0 Å². The van der Waals surface area contributed by atoms with Crippen LogP contribution < -0.4 is 5.32 Å². The summed E-state index contributed by atoms with van der Waals surface area (Å²) in [4.78, 5) is 36.1. The topological polar surface area (TPSA) is 127 Å².